The summed E-state index contributed by atoms with van der Waals surface area (Å²) in [6.45, 7) is 12.2. The molecule has 9 nitrogen and oxygen atoms in total. The Morgan fingerprint density at radius 2 is 1.74 bits per heavy atom. The summed E-state index contributed by atoms with van der Waals surface area (Å²) < 4.78 is 17.3. The molecule has 5 rings (SSSR count). The lowest BCUT2D eigenvalue weighted by Crippen LogP contribution is -2.57. The Morgan fingerprint density at radius 1 is 1.05 bits per heavy atom. The Hall–Kier alpha value is -3.07. The number of ether oxygens (including phenoxy) is 3. The highest BCUT2D eigenvalue weighted by Crippen LogP contribution is 2.33. The number of amides is 1. The molecule has 2 aromatic rings. The SMILES string of the molecule is CC(C)(C)OC(=O)N1CC(Oc2nc(N[C@H]3CC[C@H](C)CC3)ncc2-c2ccc(N3CCOCC3)cc2)C1. The Morgan fingerprint density at radius 3 is 2.39 bits per heavy atom. The quantitative estimate of drug-likeness (QED) is 0.568. The van der Waals surface area contributed by atoms with Gasteiger partial charge in [0.15, 0.2) is 0 Å². The highest BCUT2D eigenvalue weighted by atomic mass is 16.6. The van der Waals surface area contributed by atoms with E-state index in [1.807, 2.05) is 27.0 Å². The van der Waals surface area contributed by atoms with Crippen LogP contribution >= 0.6 is 0 Å². The summed E-state index contributed by atoms with van der Waals surface area (Å²) in [5, 5.41) is 3.53. The van der Waals surface area contributed by atoms with Crippen molar-refractivity contribution in [3.63, 3.8) is 0 Å². The van der Waals surface area contributed by atoms with Crippen molar-refractivity contribution in [2.75, 3.05) is 49.6 Å². The van der Waals surface area contributed by atoms with Gasteiger partial charge in [-0.15, -0.1) is 0 Å². The van der Waals surface area contributed by atoms with E-state index in [1.54, 1.807) is 4.90 Å². The molecule has 1 aromatic heterocycles. The van der Waals surface area contributed by atoms with Crippen molar-refractivity contribution in [2.45, 2.75) is 71.1 Å². The average Bonchev–Trinajstić information content (AvgIpc) is 2.87. The van der Waals surface area contributed by atoms with Crippen LogP contribution in [-0.2, 0) is 9.47 Å². The molecule has 0 atom stereocenters. The van der Waals surface area contributed by atoms with E-state index in [-0.39, 0.29) is 12.2 Å². The molecule has 3 fully saturated rings. The molecule has 3 aliphatic rings. The maximum absolute atomic E-state index is 12.4. The first kappa shape index (κ1) is 26.5. The van der Waals surface area contributed by atoms with Gasteiger partial charge in [0, 0.05) is 31.0 Å². The third-order valence-electron chi connectivity index (χ3n) is 7.44. The Bertz CT molecular complexity index is 1080. The molecule has 2 aliphatic heterocycles. The van der Waals surface area contributed by atoms with Crippen molar-refractivity contribution in [2.24, 2.45) is 5.92 Å². The Labute approximate surface area is 225 Å². The lowest BCUT2D eigenvalue weighted by atomic mass is 9.87. The average molecular weight is 524 g/mol. The molecule has 0 unspecified atom stereocenters. The van der Waals surface area contributed by atoms with Crippen LogP contribution in [0.15, 0.2) is 30.5 Å². The summed E-state index contributed by atoms with van der Waals surface area (Å²) >= 11 is 0. The molecule has 3 heterocycles. The van der Waals surface area contributed by atoms with Crippen LogP contribution in [0.4, 0.5) is 16.4 Å². The second kappa shape index (κ2) is 11.4. The minimum atomic E-state index is -0.520. The lowest BCUT2D eigenvalue weighted by Gasteiger charge is -2.39. The summed E-state index contributed by atoms with van der Waals surface area (Å²) in [6.07, 6.45) is 6.08. The molecule has 9 heteroatoms. The van der Waals surface area contributed by atoms with Crippen molar-refractivity contribution < 1.29 is 19.0 Å². The van der Waals surface area contributed by atoms with Crippen LogP contribution in [0.3, 0.4) is 0 Å². The topological polar surface area (TPSA) is 89.0 Å². The fourth-order valence-corrected chi connectivity index (χ4v) is 5.13. The van der Waals surface area contributed by atoms with Gasteiger partial charge >= 0.3 is 6.09 Å². The number of hydrogen-bond acceptors (Lipinski definition) is 8. The molecule has 0 bridgehead atoms. The van der Waals surface area contributed by atoms with Gasteiger partial charge in [-0.2, -0.15) is 4.98 Å². The first-order chi connectivity index (χ1) is 18.2. The smallest absolute Gasteiger partial charge is 0.410 e. The highest BCUT2D eigenvalue weighted by Gasteiger charge is 2.36. The lowest BCUT2D eigenvalue weighted by molar-refractivity contribution is -0.0230. The van der Waals surface area contributed by atoms with Crippen molar-refractivity contribution >= 4 is 17.7 Å². The van der Waals surface area contributed by atoms with E-state index in [2.05, 4.69) is 46.4 Å². The van der Waals surface area contributed by atoms with Crippen LogP contribution in [0.1, 0.15) is 53.4 Å². The number of nitrogens with zero attached hydrogens (tertiary/aromatic N) is 4. The van der Waals surface area contributed by atoms with Gasteiger partial charge in [-0.1, -0.05) is 19.1 Å². The van der Waals surface area contributed by atoms with Crippen LogP contribution in [0.25, 0.3) is 11.1 Å². The second-order valence-corrected chi connectivity index (χ2v) is 11.8. The Kier molecular flexibility index (Phi) is 7.93. The van der Waals surface area contributed by atoms with E-state index in [1.165, 1.54) is 18.5 Å². The number of carbonyl (C=O) groups is 1. The van der Waals surface area contributed by atoms with Gasteiger partial charge in [0.05, 0.1) is 31.9 Å². The number of hydrogen-bond donors (Lipinski definition) is 1. The molecule has 38 heavy (non-hydrogen) atoms. The van der Waals surface area contributed by atoms with Crippen LogP contribution in [0, 0.1) is 5.92 Å². The molecule has 2 saturated heterocycles. The summed E-state index contributed by atoms with van der Waals surface area (Å²) in [5.74, 6) is 1.92. The molecule has 0 spiro atoms. The summed E-state index contributed by atoms with van der Waals surface area (Å²) in [6, 6.07) is 8.84. The van der Waals surface area contributed by atoms with Crippen molar-refractivity contribution in [1.82, 2.24) is 14.9 Å². The third kappa shape index (κ3) is 6.67. The zero-order valence-electron chi connectivity index (χ0n) is 23.1. The largest absolute Gasteiger partial charge is 0.470 e. The van der Waals surface area contributed by atoms with Crippen LogP contribution in [0.2, 0.25) is 0 Å². The van der Waals surface area contributed by atoms with Gasteiger partial charge in [0.25, 0.3) is 0 Å². The molecule has 1 amide bonds. The van der Waals surface area contributed by atoms with Gasteiger partial charge in [-0.3, -0.25) is 0 Å². The maximum Gasteiger partial charge on any atom is 0.410 e. The predicted octanol–water partition coefficient (Wildman–Crippen LogP) is 4.97. The molecular weight excluding hydrogens is 482 g/mol. The van der Waals surface area contributed by atoms with Gasteiger partial charge in [-0.25, -0.2) is 9.78 Å². The standard InChI is InChI=1S/C29H41N5O4/c1-20-5-9-22(10-6-20)31-27-30-17-25(21-7-11-23(12-8-21)33-13-15-36-16-14-33)26(32-27)37-24-18-34(19-24)28(35)38-29(2,3)4/h7-8,11-12,17,20,22,24H,5-6,9-10,13-16,18-19H2,1-4H3,(H,30,31,32)/t20-,22-. The van der Waals surface area contributed by atoms with Crippen molar-refractivity contribution in [3.8, 4) is 17.0 Å². The van der Waals surface area contributed by atoms with Crippen LogP contribution in [0.5, 0.6) is 5.88 Å². The summed E-state index contributed by atoms with van der Waals surface area (Å²) in [4.78, 5) is 25.9. The number of benzene rings is 1. The zero-order chi connectivity index (χ0) is 26.7. The van der Waals surface area contributed by atoms with Gasteiger partial charge in [0.1, 0.15) is 11.7 Å². The molecule has 206 valence electrons. The van der Waals surface area contributed by atoms with E-state index in [9.17, 15) is 4.79 Å². The maximum atomic E-state index is 12.4. The third-order valence-corrected chi connectivity index (χ3v) is 7.44. The number of carbonyl (C=O) groups excluding carboxylic acids is 1. The minimum Gasteiger partial charge on any atom is -0.470 e. The van der Waals surface area contributed by atoms with Crippen molar-refractivity contribution in [1.29, 1.82) is 0 Å². The monoisotopic (exact) mass is 523 g/mol. The highest BCUT2D eigenvalue weighted by molar-refractivity contribution is 5.71. The van der Waals surface area contributed by atoms with Gasteiger partial charge < -0.3 is 29.3 Å². The predicted molar refractivity (Wildman–Crippen MR) is 148 cm³/mol. The van der Waals surface area contributed by atoms with Crippen LogP contribution < -0.4 is 15.0 Å². The molecule has 1 saturated carbocycles. The molecule has 1 aromatic carbocycles. The van der Waals surface area contributed by atoms with E-state index in [0.717, 1.165) is 56.2 Å². The Balaban J connectivity index is 1.31. The van der Waals surface area contributed by atoms with Crippen molar-refractivity contribution in [3.05, 3.63) is 30.5 Å². The number of morpholine rings is 1. The van der Waals surface area contributed by atoms with Gasteiger partial charge in [-0.05, 0) is 70.1 Å². The minimum absolute atomic E-state index is 0.146. The first-order valence-corrected chi connectivity index (χ1v) is 13.9. The molecule has 1 N–H and O–H groups in total. The number of rotatable bonds is 6. The van der Waals surface area contributed by atoms with E-state index in [0.29, 0.717) is 31.0 Å². The molecular formula is C29H41N5O4. The number of aromatic nitrogens is 2. The summed E-state index contributed by atoms with van der Waals surface area (Å²) in [5.41, 5.74) is 2.50. The summed E-state index contributed by atoms with van der Waals surface area (Å²) in [7, 11) is 0. The number of anilines is 2. The van der Waals surface area contributed by atoms with E-state index >= 15 is 0 Å². The second-order valence-electron chi connectivity index (χ2n) is 11.8. The first-order valence-electron chi connectivity index (χ1n) is 13.9. The number of likely N-dealkylation sites (tertiary alicyclic amines) is 1. The van der Waals surface area contributed by atoms with E-state index in [4.69, 9.17) is 19.2 Å². The molecule has 1 aliphatic carbocycles. The van der Waals surface area contributed by atoms with Gasteiger partial charge in [0.2, 0.25) is 11.8 Å². The fourth-order valence-electron chi connectivity index (χ4n) is 5.13. The zero-order valence-corrected chi connectivity index (χ0v) is 23.1. The normalized spacial score (nSPS) is 22.5. The van der Waals surface area contributed by atoms with E-state index < -0.39 is 5.60 Å². The number of nitrogens with one attached hydrogen (secondary N) is 1. The molecule has 0 radical (unpaired) electrons. The van der Waals surface area contributed by atoms with Crippen LogP contribution in [-0.4, -0.2) is 78.1 Å². The fraction of sp³-hybridized carbons (Fsp3) is 0.621.